The van der Waals surface area contributed by atoms with Crippen LogP contribution in [0.1, 0.15) is 12.5 Å². The summed E-state index contributed by atoms with van der Waals surface area (Å²) >= 11 is 4.86. The first-order valence-electron chi connectivity index (χ1n) is 5.18. The minimum atomic E-state index is -0.261. The van der Waals surface area contributed by atoms with Gasteiger partial charge in [-0.2, -0.15) is 0 Å². The van der Waals surface area contributed by atoms with E-state index in [0.29, 0.717) is 5.75 Å². The summed E-state index contributed by atoms with van der Waals surface area (Å²) in [5.74, 6) is 0.512. The Bertz CT molecular complexity index is 411. The summed E-state index contributed by atoms with van der Waals surface area (Å²) in [6.07, 6.45) is 0. The lowest BCUT2D eigenvalue weighted by Crippen LogP contribution is -2.29. The van der Waals surface area contributed by atoms with E-state index in [2.05, 4.69) is 15.9 Å². The third-order valence-corrected chi connectivity index (χ3v) is 4.21. The average molecular weight is 320 g/mol. The maximum atomic E-state index is 12.9. The van der Waals surface area contributed by atoms with Gasteiger partial charge in [0.2, 0.25) is 5.91 Å². The third kappa shape index (κ3) is 4.32. The molecule has 0 fully saturated rings. The van der Waals surface area contributed by atoms with E-state index < -0.39 is 0 Å². The van der Waals surface area contributed by atoms with Crippen molar-refractivity contribution >= 4 is 33.6 Å². The molecule has 0 aliphatic heterocycles. The number of amides is 1. The lowest BCUT2D eigenvalue weighted by molar-refractivity contribution is -0.127. The fourth-order valence-electron chi connectivity index (χ4n) is 1.29. The second-order valence-corrected chi connectivity index (χ2v) is 6.11. The van der Waals surface area contributed by atoms with Crippen molar-refractivity contribution in [2.75, 3.05) is 14.1 Å². The maximum Gasteiger partial charge on any atom is 0.234 e. The van der Waals surface area contributed by atoms with E-state index in [4.69, 9.17) is 0 Å². The number of benzene rings is 1. The quantitative estimate of drug-likeness (QED) is 0.848. The summed E-state index contributed by atoms with van der Waals surface area (Å²) < 4.78 is 13.6. The van der Waals surface area contributed by atoms with Crippen LogP contribution in [0.4, 0.5) is 4.39 Å². The molecule has 1 aromatic rings. The number of carbonyl (C=O) groups is 1. The minimum absolute atomic E-state index is 0.0910. The predicted molar refractivity (Wildman–Crippen MR) is 73.6 cm³/mol. The van der Waals surface area contributed by atoms with Crippen LogP contribution in [0.3, 0.4) is 0 Å². The second-order valence-electron chi connectivity index (χ2n) is 3.92. The Balaban J connectivity index is 2.59. The van der Waals surface area contributed by atoms with Crippen molar-refractivity contribution in [3.8, 4) is 0 Å². The van der Waals surface area contributed by atoms with Crippen LogP contribution in [0.5, 0.6) is 0 Å². The summed E-state index contributed by atoms with van der Waals surface area (Å²) in [5.41, 5.74) is 0.995. The molecule has 2 nitrogen and oxygen atoms in total. The van der Waals surface area contributed by atoms with Crippen molar-refractivity contribution in [3.05, 3.63) is 34.1 Å². The first-order chi connectivity index (χ1) is 7.91. The molecule has 0 spiro atoms. The molecule has 0 saturated heterocycles. The molecule has 94 valence electrons. The second kappa shape index (κ2) is 6.40. The highest BCUT2D eigenvalue weighted by molar-refractivity contribution is 9.10. The SMILES string of the molecule is CC(SCc1ccc(F)cc1Br)C(=O)N(C)C. The van der Waals surface area contributed by atoms with E-state index in [1.165, 1.54) is 12.1 Å². The van der Waals surface area contributed by atoms with Crippen LogP contribution >= 0.6 is 27.7 Å². The van der Waals surface area contributed by atoms with Gasteiger partial charge >= 0.3 is 0 Å². The molecule has 0 saturated carbocycles. The predicted octanol–water partition coefficient (Wildman–Crippen LogP) is 3.30. The molecule has 1 atom stereocenters. The molecule has 0 aliphatic carbocycles. The van der Waals surface area contributed by atoms with E-state index in [1.54, 1.807) is 36.8 Å². The Kier molecular flexibility index (Phi) is 5.46. The lowest BCUT2D eigenvalue weighted by atomic mass is 10.2. The van der Waals surface area contributed by atoms with Crippen LogP contribution in [0.2, 0.25) is 0 Å². The molecule has 5 heteroatoms. The number of halogens is 2. The average Bonchev–Trinajstić information content (AvgIpc) is 2.26. The van der Waals surface area contributed by atoms with Gasteiger partial charge in [0.05, 0.1) is 5.25 Å². The first-order valence-corrected chi connectivity index (χ1v) is 7.02. The van der Waals surface area contributed by atoms with Crippen LogP contribution in [0.15, 0.2) is 22.7 Å². The molecule has 0 radical (unpaired) electrons. The third-order valence-electron chi connectivity index (χ3n) is 2.29. The Morgan fingerprint density at radius 1 is 1.53 bits per heavy atom. The number of thioether (sulfide) groups is 1. The van der Waals surface area contributed by atoms with Gasteiger partial charge in [-0.25, -0.2) is 4.39 Å². The zero-order valence-electron chi connectivity index (χ0n) is 10.0. The molecule has 0 aliphatic rings. The van der Waals surface area contributed by atoms with Gasteiger partial charge in [-0.1, -0.05) is 22.0 Å². The maximum absolute atomic E-state index is 12.9. The number of rotatable bonds is 4. The van der Waals surface area contributed by atoms with Crippen molar-refractivity contribution in [3.63, 3.8) is 0 Å². The summed E-state index contributed by atoms with van der Waals surface area (Å²) in [7, 11) is 3.49. The molecule has 0 heterocycles. The summed E-state index contributed by atoms with van der Waals surface area (Å²) in [5, 5.41) is -0.0954. The van der Waals surface area contributed by atoms with Crippen molar-refractivity contribution in [2.45, 2.75) is 17.9 Å². The lowest BCUT2D eigenvalue weighted by Gasteiger charge is -2.16. The zero-order valence-corrected chi connectivity index (χ0v) is 12.4. The van der Waals surface area contributed by atoms with Gasteiger partial charge in [-0.05, 0) is 24.6 Å². The fraction of sp³-hybridized carbons (Fsp3) is 0.417. The van der Waals surface area contributed by atoms with Crippen LogP contribution in [0, 0.1) is 5.82 Å². The van der Waals surface area contributed by atoms with Gasteiger partial charge < -0.3 is 4.90 Å². The highest BCUT2D eigenvalue weighted by Crippen LogP contribution is 2.25. The highest BCUT2D eigenvalue weighted by Gasteiger charge is 2.15. The first kappa shape index (κ1) is 14.5. The van der Waals surface area contributed by atoms with E-state index in [0.717, 1.165) is 10.0 Å². The van der Waals surface area contributed by atoms with Gasteiger partial charge in [0.1, 0.15) is 5.82 Å². The van der Waals surface area contributed by atoms with E-state index in [-0.39, 0.29) is 17.0 Å². The fourth-order valence-corrected chi connectivity index (χ4v) is 3.00. The molecule has 1 unspecified atom stereocenters. The van der Waals surface area contributed by atoms with Crippen molar-refractivity contribution in [1.82, 2.24) is 4.90 Å². The molecule has 0 N–H and O–H groups in total. The van der Waals surface area contributed by atoms with E-state index >= 15 is 0 Å². The van der Waals surface area contributed by atoms with Crippen molar-refractivity contribution in [2.24, 2.45) is 0 Å². The van der Waals surface area contributed by atoms with Crippen molar-refractivity contribution in [1.29, 1.82) is 0 Å². The van der Waals surface area contributed by atoms with Crippen LogP contribution < -0.4 is 0 Å². The van der Waals surface area contributed by atoms with Gasteiger partial charge in [-0.15, -0.1) is 11.8 Å². The Hall–Kier alpha value is -0.550. The van der Waals surface area contributed by atoms with E-state index in [1.807, 2.05) is 6.92 Å². The molecule has 0 aromatic heterocycles. The van der Waals surface area contributed by atoms with Gasteiger partial charge in [0.25, 0.3) is 0 Å². The molecule has 1 aromatic carbocycles. The summed E-state index contributed by atoms with van der Waals surface area (Å²) in [6.45, 7) is 1.88. The Morgan fingerprint density at radius 2 is 2.18 bits per heavy atom. The van der Waals surface area contributed by atoms with Crippen LogP contribution in [0.25, 0.3) is 0 Å². The van der Waals surface area contributed by atoms with Gasteiger partial charge in [0.15, 0.2) is 0 Å². The molecular weight excluding hydrogens is 305 g/mol. The molecule has 17 heavy (non-hydrogen) atoms. The number of nitrogens with zero attached hydrogens (tertiary/aromatic N) is 1. The van der Waals surface area contributed by atoms with Crippen LogP contribution in [-0.2, 0) is 10.5 Å². The molecular formula is C12H15BrFNOS. The number of hydrogen-bond acceptors (Lipinski definition) is 2. The minimum Gasteiger partial charge on any atom is -0.348 e. The molecule has 1 rings (SSSR count). The number of carbonyl (C=O) groups excluding carboxylic acids is 1. The van der Waals surface area contributed by atoms with Gasteiger partial charge in [0, 0.05) is 24.3 Å². The Morgan fingerprint density at radius 3 is 2.71 bits per heavy atom. The van der Waals surface area contributed by atoms with E-state index in [9.17, 15) is 9.18 Å². The topological polar surface area (TPSA) is 20.3 Å². The monoisotopic (exact) mass is 319 g/mol. The smallest absolute Gasteiger partial charge is 0.234 e. The van der Waals surface area contributed by atoms with Crippen molar-refractivity contribution < 1.29 is 9.18 Å². The number of hydrogen-bond donors (Lipinski definition) is 0. The Labute approximate surface area is 114 Å². The standard InChI is InChI=1S/C12H15BrFNOS/c1-8(12(16)15(2)3)17-7-9-4-5-10(14)6-11(9)13/h4-6,8H,7H2,1-3H3. The van der Waals surface area contributed by atoms with Crippen LogP contribution in [-0.4, -0.2) is 30.2 Å². The highest BCUT2D eigenvalue weighted by atomic mass is 79.9. The largest absolute Gasteiger partial charge is 0.348 e. The molecule has 0 bridgehead atoms. The summed E-state index contributed by atoms with van der Waals surface area (Å²) in [4.78, 5) is 13.2. The normalized spacial score (nSPS) is 12.3. The van der Waals surface area contributed by atoms with Gasteiger partial charge in [-0.3, -0.25) is 4.79 Å². The molecule has 1 amide bonds. The summed E-state index contributed by atoms with van der Waals surface area (Å²) in [6, 6.07) is 4.60. The zero-order chi connectivity index (χ0) is 13.0.